The molecular weight excluding hydrogens is 462 g/mol. The second-order valence-electron chi connectivity index (χ2n) is 9.13. The van der Waals surface area contributed by atoms with Crippen LogP contribution in [0.15, 0.2) is 71.5 Å². The zero-order valence-corrected chi connectivity index (χ0v) is 19.4. The summed E-state index contributed by atoms with van der Waals surface area (Å²) < 4.78 is 7.15. The number of aromatic nitrogens is 1. The molecule has 5 rings (SSSR count). The number of pyridine rings is 1. The van der Waals surface area contributed by atoms with E-state index in [9.17, 15) is 24.3 Å². The number of aromatic carboxylic acids is 1. The van der Waals surface area contributed by atoms with Crippen molar-refractivity contribution in [3.05, 3.63) is 93.9 Å². The predicted molar refractivity (Wildman–Crippen MR) is 131 cm³/mol. The highest BCUT2D eigenvalue weighted by Crippen LogP contribution is 2.36. The molecule has 2 aliphatic heterocycles. The number of hydrogen-bond acceptors (Lipinski definition) is 5. The molecule has 2 aromatic carbocycles. The van der Waals surface area contributed by atoms with Gasteiger partial charge in [-0.15, -0.1) is 0 Å². The van der Waals surface area contributed by atoms with Crippen LogP contribution in [0.25, 0.3) is 0 Å². The zero-order valence-electron chi connectivity index (χ0n) is 19.4. The van der Waals surface area contributed by atoms with E-state index in [2.05, 4.69) is 5.32 Å². The van der Waals surface area contributed by atoms with Gasteiger partial charge in [0.2, 0.25) is 0 Å². The first-order valence-corrected chi connectivity index (χ1v) is 11.7. The first kappa shape index (κ1) is 23.3. The van der Waals surface area contributed by atoms with E-state index in [1.165, 1.54) is 12.1 Å². The maximum Gasteiger partial charge on any atom is 0.335 e. The molecule has 2 unspecified atom stereocenters. The van der Waals surface area contributed by atoms with Crippen LogP contribution in [0.3, 0.4) is 0 Å². The molecule has 0 saturated carbocycles. The van der Waals surface area contributed by atoms with Crippen LogP contribution in [0, 0.1) is 5.92 Å². The number of amides is 2. The number of anilines is 1. The summed E-state index contributed by atoms with van der Waals surface area (Å²) in [6, 6.07) is 18.4. The molecule has 36 heavy (non-hydrogen) atoms. The molecule has 2 aliphatic rings. The van der Waals surface area contributed by atoms with Gasteiger partial charge in [0.05, 0.1) is 5.56 Å². The Hall–Kier alpha value is -4.40. The van der Waals surface area contributed by atoms with Gasteiger partial charge in [0.1, 0.15) is 11.4 Å². The van der Waals surface area contributed by atoms with Crippen LogP contribution in [0.2, 0.25) is 0 Å². The Morgan fingerprint density at radius 2 is 1.72 bits per heavy atom. The van der Waals surface area contributed by atoms with Crippen molar-refractivity contribution >= 4 is 23.5 Å². The molecular formula is C27H25N3O6. The first-order valence-electron chi connectivity index (χ1n) is 11.7. The molecule has 0 radical (unpaired) electrons. The van der Waals surface area contributed by atoms with E-state index in [-0.39, 0.29) is 41.2 Å². The van der Waals surface area contributed by atoms with Gasteiger partial charge in [0.25, 0.3) is 17.4 Å². The summed E-state index contributed by atoms with van der Waals surface area (Å²) >= 11 is 0. The van der Waals surface area contributed by atoms with Gasteiger partial charge in [0, 0.05) is 36.8 Å². The minimum absolute atomic E-state index is 0.0250. The van der Waals surface area contributed by atoms with Crippen LogP contribution >= 0.6 is 0 Å². The van der Waals surface area contributed by atoms with Gasteiger partial charge in [-0.25, -0.2) is 4.79 Å². The summed E-state index contributed by atoms with van der Waals surface area (Å²) in [5, 5.41) is 11.9. The van der Waals surface area contributed by atoms with E-state index in [0.717, 1.165) is 12.1 Å². The van der Waals surface area contributed by atoms with Gasteiger partial charge in [-0.05, 0) is 54.8 Å². The lowest BCUT2D eigenvalue weighted by Crippen LogP contribution is -2.49. The fourth-order valence-corrected chi connectivity index (χ4v) is 5.03. The van der Waals surface area contributed by atoms with Gasteiger partial charge < -0.3 is 24.6 Å². The summed E-state index contributed by atoms with van der Waals surface area (Å²) in [6.45, 7) is 1.13. The minimum atomic E-state index is -1.08. The summed E-state index contributed by atoms with van der Waals surface area (Å²) in [5.74, 6) is -1.10. The van der Waals surface area contributed by atoms with Crippen molar-refractivity contribution in [1.29, 1.82) is 0 Å². The second kappa shape index (κ2) is 9.69. The molecule has 0 aliphatic carbocycles. The maximum absolute atomic E-state index is 13.2. The Labute approximate surface area is 206 Å². The highest BCUT2D eigenvalue weighted by molar-refractivity contribution is 5.97. The van der Waals surface area contributed by atoms with Crippen molar-refractivity contribution < 1.29 is 24.2 Å². The molecule has 1 saturated heterocycles. The Morgan fingerprint density at radius 1 is 0.944 bits per heavy atom. The van der Waals surface area contributed by atoms with Crippen LogP contribution in [0.1, 0.15) is 38.7 Å². The second-order valence-corrected chi connectivity index (χ2v) is 9.13. The molecule has 2 bridgehead atoms. The Bertz CT molecular complexity index is 1380. The third-order valence-electron chi connectivity index (χ3n) is 6.64. The van der Waals surface area contributed by atoms with E-state index in [0.29, 0.717) is 30.9 Å². The summed E-state index contributed by atoms with van der Waals surface area (Å²) in [4.78, 5) is 51.7. The Kier molecular flexibility index (Phi) is 6.28. The van der Waals surface area contributed by atoms with Crippen molar-refractivity contribution in [3.63, 3.8) is 0 Å². The smallest absolute Gasteiger partial charge is 0.335 e. The monoisotopic (exact) mass is 487 g/mol. The van der Waals surface area contributed by atoms with E-state index >= 15 is 0 Å². The SMILES string of the molecule is O=C(COc1ccccc1)Nc1ccc2n(c1=O)CC1CC2CN(C(=O)c2cccc(C(=O)O)c2)C1. The molecule has 3 aromatic rings. The van der Waals surface area contributed by atoms with E-state index < -0.39 is 11.9 Å². The van der Waals surface area contributed by atoms with E-state index in [1.54, 1.807) is 39.8 Å². The van der Waals surface area contributed by atoms with Crippen LogP contribution < -0.4 is 15.6 Å². The standard InChI is InChI=1S/C27H25N3O6/c31-24(16-36-21-7-2-1-3-8-21)28-22-9-10-23-20-11-17(14-30(23)26(22)33)13-29(15-20)25(32)18-5-4-6-19(12-18)27(34)35/h1-10,12,17,20H,11,13-16H2,(H,28,31)(H,34,35). The van der Waals surface area contributed by atoms with Crippen LogP contribution in [0.4, 0.5) is 5.69 Å². The van der Waals surface area contributed by atoms with Crippen molar-refractivity contribution in [3.8, 4) is 5.75 Å². The summed E-state index contributed by atoms with van der Waals surface area (Å²) in [5.41, 5.74) is 1.15. The van der Waals surface area contributed by atoms with E-state index in [1.807, 2.05) is 24.3 Å². The average Bonchev–Trinajstić information content (AvgIpc) is 2.89. The number of fused-ring (bicyclic) bond motifs is 4. The molecule has 1 aromatic heterocycles. The lowest BCUT2D eigenvalue weighted by atomic mass is 9.83. The lowest BCUT2D eigenvalue weighted by molar-refractivity contribution is -0.118. The van der Waals surface area contributed by atoms with E-state index in [4.69, 9.17) is 4.74 Å². The van der Waals surface area contributed by atoms with Gasteiger partial charge in [0.15, 0.2) is 6.61 Å². The highest BCUT2D eigenvalue weighted by Gasteiger charge is 2.37. The van der Waals surface area contributed by atoms with Crippen molar-refractivity contribution in [2.45, 2.75) is 18.9 Å². The van der Waals surface area contributed by atoms with Crippen LogP contribution in [-0.2, 0) is 11.3 Å². The van der Waals surface area contributed by atoms with Gasteiger partial charge in [-0.3, -0.25) is 14.4 Å². The number of ether oxygens (including phenoxy) is 1. The number of piperidine rings is 1. The number of carbonyl (C=O) groups is 3. The van der Waals surface area contributed by atoms with Crippen molar-refractivity contribution in [2.24, 2.45) is 5.92 Å². The van der Waals surface area contributed by atoms with Crippen LogP contribution in [-0.4, -0.2) is 52.1 Å². The largest absolute Gasteiger partial charge is 0.484 e. The molecule has 3 heterocycles. The molecule has 1 fully saturated rings. The number of carbonyl (C=O) groups excluding carboxylic acids is 2. The molecule has 184 valence electrons. The Balaban J connectivity index is 1.29. The third-order valence-corrected chi connectivity index (χ3v) is 6.64. The molecule has 9 nitrogen and oxygen atoms in total. The normalized spacial score (nSPS) is 18.2. The van der Waals surface area contributed by atoms with Crippen molar-refractivity contribution in [2.75, 3.05) is 25.0 Å². The van der Waals surface area contributed by atoms with Crippen LogP contribution in [0.5, 0.6) is 5.75 Å². The number of para-hydroxylation sites is 1. The highest BCUT2D eigenvalue weighted by atomic mass is 16.5. The number of nitrogens with zero attached hydrogens (tertiary/aromatic N) is 2. The zero-order chi connectivity index (χ0) is 25.2. The summed E-state index contributed by atoms with van der Waals surface area (Å²) in [7, 11) is 0. The Morgan fingerprint density at radius 3 is 2.50 bits per heavy atom. The fraction of sp³-hybridized carbons (Fsp3) is 0.259. The van der Waals surface area contributed by atoms with Crippen molar-refractivity contribution in [1.82, 2.24) is 9.47 Å². The van der Waals surface area contributed by atoms with Gasteiger partial charge in [-0.2, -0.15) is 0 Å². The molecule has 9 heteroatoms. The number of rotatable bonds is 6. The van der Waals surface area contributed by atoms with Gasteiger partial charge >= 0.3 is 5.97 Å². The van der Waals surface area contributed by atoms with Gasteiger partial charge in [-0.1, -0.05) is 24.3 Å². The molecule has 0 spiro atoms. The molecule has 2 amide bonds. The number of nitrogens with one attached hydrogen (secondary N) is 1. The quantitative estimate of drug-likeness (QED) is 0.552. The third kappa shape index (κ3) is 4.72. The average molecular weight is 488 g/mol. The summed E-state index contributed by atoms with van der Waals surface area (Å²) in [6.07, 6.45) is 0.856. The number of benzene rings is 2. The predicted octanol–water partition coefficient (Wildman–Crippen LogP) is 2.82. The number of likely N-dealkylation sites (tertiary alicyclic amines) is 1. The number of carboxylic acid groups (broad SMARTS) is 1. The number of hydrogen-bond donors (Lipinski definition) is 2. The lowest BCUT2D eigenvalue weighted by Gasteiger charge is -2.43. The first-order chi connectivity index (χ1) is 17.4. The molecule has 2 N–H and O–H groups in total. The molecule has 2 atom stereocenters. The topological polar surface area (TPSA) is 118 Å². The fourth-order valence-electron chi connectivity index (χ4n) is 5.03. The maximum atomic E-state index is 13.2. The number of carboxylic acids is 1. The minimum Gasteiger partial charge on any atom is -0.484 e.